The van der Waals surface area contributed by atoms with Gasteiger partial charge in [-0.1, -0.05) is 0 Å². The summed E-state index contributed by atoms with van der Waals surface area (Å²) in [5.74, 6) is 0.403. The van der Waals surface area contributed by atoms with E-state index < -0.39 is 0 Å². The number of hydrogen-bond donors (Lipinski definition) is 2. The van der Waals surface area contributed by atoms with Crippen LogP contribution in [0.4, 0.5) is 0 Å². The van der Waals surface area contributed by atoms with E-state index in [1.54, 1.807) is 4.90 Å². The Hall–Kier alpha value is -1.65. The van der Waals surface area contributed by atoms with Gasteiger partial charge in [-0.3, -0.25) is 14.5 Å². The Balaban J connectivity index is 1.40. The van der Waals surface area contributed by atoms with Crippen molar-refractivity contribution in [2.45, 2.75) is 63.1 Å². The highest BCUT2D eigenvalue weighted by molar-refractivity contribution is 5.80. The quantitative estimate of drug-likeness (QED) is 0.715. The summed E-state index contributed by atoms with van der Waals surface area (Å²) in [6, 6.07) is 2.24. The molecule has 3 aliphatic rings. The smallest absolute Gasteiger partial charge is 0.237 e. The van der Waals surface area contributed by atoms with Crippen LogP contribution in [0, 0.1) is 17.2 Å². The predicted octanol–water partition coefficient (Wildman–Crippen LogP) is 0.209. The second kappa shape index (κ2) is 8.15. The number of primary amides is 1. The maximum atomic E-state index is 12.3. The minimum atomic E-state index is -0.244. The van der Waals surface area contributed by atoms with Gasteiger partial charge in [-0.2, -0.15) is 5.26 Å². The molecule has 0 aromatic rings. The highest BCUT2D eigenvalue weighted by atomic mass is 16.2. The summed E-state index contributed by atoms with van der Waals surface area (Å²) >= 11 is 0. The molecule has 138 valence electrons. The Bertz CT molecular complexity index is 546. The average Bonchev–Trinajstić information content (AvgIpc) is 3.33. The lowest BCUT2D eigenvalue weighted by atomic mass is 10.1. The van der Waals surface area contributed by atoms with Crippen molar-refractivity contribution in [3.8, 4) is 6.07 Å². The molecule has 0 bridgehead atoms. The van der Waals surface area contributed by atoms with Gasteiger partial charge in [-0.25, -0.2) is 0 Å². The number of nitrogens with zero attached hydrogens (tertiary/aromatic N) is 3. The third kappa shape index (κ3) is 4.31. The molecular weight excluding hydrogens is 318 g/mol. The molecule has 2 heterocycles. The molecule has 3 fully saturated rings. The molecule has 1 aliphatic carbocycles. The zero-order chi connectivity index (χ0) is 17.8. The van der Waals surface area contributed by atoms with Gasteiger partial charge in [0.05, 0.1) is 18.7 Å². The average molecular weight is 347 g/mol. The molecule has 7 nitrogen and oxygen atoms in total. The number of nitrogens with one attached hydrogen (secondary N) is 1. The van der Waals surface area contributed by atoms with Crippen LogP contribution in [-0.2, 0) is 9.59 Å². The molecule has 0 aromatic heterocycles. The topological polar surface area (TPSA) is 102 Å². The molecule has 0 radical (unpaired) electrons. The number of rotatable bonds is 6. The van der Waals surface area contributed by atoms with E-state index in [1.807, 2.05) is 0 Å². The monoisotopic (exact) mass is 347 g/mol. The summed E-state index contributed by atoms with van der Waals surface area (Å²) < 4.78 is 0. The summed E-state index contributed by atoms with van der Waals surface area (Å²) in [5.41, 5.74) is 5.50. The summed E-state index contributed by atoms with van der Waals surface area (Å²) in [7, 11) is 0. The summed E-state index contributed by atoms with van der Waals surface area (Å²) in [6.45, 7) is 2.92. The third-order valence-electron chi connectivity index (χ3n) is 5.99. The number of carbonyl (C=O) groups excluding carboxylic acids is 2. The van der Waals surface area contributed by atoms with Crippen molar-refractivity contribution >= 4 is 11.8 Å². The Kier molecular flexibility index (Phi) is 5.92. The molecule has 3 N–H and O–H groups in total. The number of carbonyl (C=O) groups is 2. The van der Waals surface area contributed by atoms with Gasteiger partial charge in [-0.05, 0) is 57.4 Å². The Morgan fingerprint density at radius 2 is 1.96 bits per heavy atom. The van der Waals surface area contributed by atoms with Crippen LogP contribution in [0.2, 0.25) is 0 Å². The molecule has 3 unspecified atom stereocenters. The number of nitriles is 1. The van der Waals surface area contributed by atoms with Crippen molar-refractivity contribution in [1.82, 2.24) is 15.1 Å². The van der Waals surface area contributed by atoms with Crippen LogP contribution in [0.15, 0.2) is 0 Å². The fourth-order valence-corrected chi connectivity index (χ4v) is 4.66. The predicted molar refractivity (Wildman–Crippen MR) is 93.3 cm³/mol. The van der Waals surface area contributed by atoms with Gasteiger partial charge >= 0.3 is 0 Å². The molecular formula is C18H29N5O2. The van der Waals surface area contributed by atoms with Crippen LogP contribution in [0.1, 0.15) is 44.9 Å². The molecule has 25 heavy (non-hydrogen) atoms. The highest BCUT2D eigenvalue weighted by Gasteiger charge is 2.34. The fourth-order valence-electron chi connectivity index (χ4n) is 4.66. The number of likely N-dealkylation sites (tertiary alicyclic amines) is 2. The summed E-state index contributed by atoms with van der Waals surface area (Å²) in [6.07, 6.45) is 6.88. The Labute approximate surface area is 149 Å². The van der Waals surface area contributed by atoms with Crippen LogP contribution in [0.5, 0.6) is 0 Å². The highest BCUT2D eigenvalue weighted by Crippen LogP contribution is 2.29. The van der Waals surface area contributed by atoms with Crippen LogP contribution < -0.4 is 11.1 Å². The summed E-state index contributed by atoms with van der Waals surface area (Å²) in [5, 5.41) is 12.5. The maximum Gasteiger partial charge on any atom is 0.237 e. The van der Waals surface area contributed by atoms with Crippen LogP contribution in [0.25, 0.3) is 0 Å². The van der Waals surface area contributed by atoms with Crippen molar-refractivity contribution in [2.75, 3.05) is 26.2 Å². The Morgan fingerprint density at radius 3 is 2.72 bits per heavy atom. The molecule has 2 aliphatic heterocycles. The van der Waals surface area contributed by atoms with Gasteiger partial charge in [0.15, 0.2) is 0 Å². The van der Waals surface area contributed by atoms with Gasteiger partial charge in [-0.15, -0.1) is 0 Å². The lowest BCUT2D eigenvalue weighted by molar-refractivity contribution is -0.130. The number of nitrogens with two attached hydrogens (primary N) is 1. The zero-order valence-corrected chi connectivity index (χ0v) is 14.8. The third-order valence-corrected chi connectivity index (χ3v) is 5.99. The summed E-state index contributed by atoms with van der Waals surface area (Å²) in [4.78, 5) is 27.8. The van der Waals surface area contributed by atoms with Crippen LogP contribution in [-0.4, -0.2) is 65.9 Å². The molecule has 1 saturated carbocycles. The van der Waals surface area contributed by atoms with Crippen molar-refractivity contribution in [1.29, 1.82) is 5.26 Å². The van der Waals surface area contributed by atoms with Crippen molar-refractivity contribution < 1.29 is 9.59 Å². The molecule has 4 atom stereocenters. The lowest BCUT2D eigenvalue weighted by Gasteiger charge is -2.25. The largest absolute Gasteiger partial charge is 0.368 e. The zero-order valence-electron chi connectivity index (χ0n) is 14.8. The molecule has 0 spiro atoms. The van der Waals surface area contributed by atoms with Gasteiger partial charge in [0, 0.05) is 19.1 Å². The van der Waals surface area contributed by atoms with E-state index in [-0.39, 0.29) is 23.9 Å². The molecule has 3 rings (SSSR count). The molecule has 2 amide bonds. The van der Waals surface area contributed by atoms with Gasteiger partial charge in [0.1, 0.15) is 6.04 Å². The van der Waals surface area contributed by atoms with Crippen molar-refractivity contribution in [3.05, 3.63) is 0 Å². The van der Waals surface area contributed by atoms with E-state index in [0.29, 0.717) is 25.0 Å². The van der Waals surface area contributed by atoms with Crippen LogP contribution >= 0.6 is 0 Å². The molecule has 2 saturated heterocycles. The lowest BCUT2D eigenvalue weighted by Crippen LogP contribution is -2.43. The Morgan fingerprint density at radius 1 is 1.16 bits per heavy atom. The maximum absolute atomic E-state index is 12.3. The van der Waals surface area contributed by atoms with Crippen molar-refractivity contribution in [3.63, 3.8) is 0 Å². The first kappa shape index (κ1) is 18.2. The molecule has 7 heteroatoms. The first-order chi connectivity index (χ1) is 12.1. The van der Waals surface area contributed by atoms with Gasteiger partial charge in [0.2, 0.25) is 11.8 Å². The van der Waals surface area contributed by atoms with E-state index >= 15 is 0 Å². The van der Waals surface area contributed by atoms with E-state index in [9.17, 15) is 9.59 Å². The number of hydrogen-bond acceptors (Lipinski definition) is 5. The molecule has 0 aromatic carbocycles. The minimum Gasteiger partial charge on any atom is -0.368 e. The van der Waals surface area contributed by atoms with Crippen LogP contribution in [0.3, 0.4) is 0 Å². The second-order valence-corrected chi connectivity index (χ2v) is 7.69. The normalized spacial score (nSPS) is 32.8. The minimum absolute atomic E-state index is 0.0424. The van der Waals surface area contributed by atoms with Gasteiger partial charge < -0.3 is 16.0 Å². The van der Waals surface area contributed by atoms with Crippen molar-refractivity contribution in [2.24, 2.45) is 11.7 Å². The van der Waals surface area contributed by atoms with E-state index in [1.165, 1.54) is 0 Å². The first-order valence-corrected chi connectivity index (χ1v) is 9.54. The van der Waals surface area contributed by atoms with E-state index in [4.69, 9.17) is 11.0 Å². The van der Waals surface area contributed by atoms with E-state index in [0.717, 1.165) is 58.0 Å². The second-order valence-electron chi connectivity index (χ2n) is 7.69. The fraction of sp³-hybridized carbons (Fsp3) is 0.833. The van der Waals surface area contributed by atoms with E-state index in [2.05, 4.69) is 16.3 Å². The standard InChI is InChI=1S/C18H29N5O2/c19-10-15-3-1-8-23(15)17(24)11-21-14-6-5-13(9-14)12-22-7-2-4-16(22)18(20)25/h13-16,21H,1-9,11-12H2,(H2,20,25)/t13?,14?,15?,16-/m0/s1. The SMILES string of the molecule is N#CC1CCCN1C(=O)CNC1CCC(CN2CCC[C@H]2C(N)=O)C1. The first-order valence-electron chi connectivity index (χ1n) is 9.54. The number of amides is 2. The van der Waals surface area contributed by atoms with Gasteiger partial charge in [0.25, 0.3) is 0 Å².